The number of amides is 1. The van der Waals surface area contributed by atoms with Crippen molar-refractivity contribution in [2.75, 3.05) is 47.4 Å². The number of rotatable bonds is 5. The molecule has 3 fully saturated rings. The van der Waals surface area contributed by atoms with Crippen LogP contribution in [0.25, 0.3) is 0 Å². The van der Waals surface area contributed by atoms with Crippen molar-refractivity contribution >= 4 is 37.3 Å². The highest BCUT2D eigenvalue weighted by Crippen LogP contribution is 2.44. The van der Waals surface area contributed by atoms with Crippen LogP contribution in [-0.4, -0.2) is 76.9 Å². The highest BCUT2D eigenvalue weighted by atomic mass is 32.2. The maximum Gasteiger partial charge on any atom is 0.255 e. The molecule has 2 aliphatic heterocycles. The van der Waals surface area contributed by atoms with Gasteiger partial charge in [-0.2, -0.15) is 0 Å². The van der Waals surface area contributed by atoms with Crippen molar-refractivity contribution in [3.63, 3.8) is 0 Å². The molecule has 1 aromatic carbocycles. The van der Waals surface area contributed by atoms with Gasteiger partial charge in [0.05, 0.1) is 21.9 Å². The standard InChI is InChI=1S/C25H32N4O5S2/c1-17-14-22(19-4-5-19)24(26-16-17)27-9-11-28(12-10-27)25(30)21-7-6-20(15-23(21)35(3,31)32)29-18(2)8-13-36(29,33)34/h6-7,14-16,18-19H,4-5,8-13H2,1-3H3/t18-/m1/s1. The minimum absolute atomic E-state index is 0.0195. The van der Waals surface area contributed by atoms with E-state index in [1.54, 1.807) is 11.8 Å². The minimum atomic E-state index is -3.78. The maximum atomic E-state index is 13.5. The van der Waals surface area contributed by atoms with Gasteiger partial charge in [0, 0.05) is 44.7 Å². The zero-order chi connectivity index (χ0) is 25.8. The first-order valence-electron chi connectivity index (χ1n) is 12.3. The Bertz CT molecular complexity index is 1410. The zero-order valence-corrected chi connectivity index (χ0v) is 22.5. The lowest BCUT2D eigenvalue weighted by molar-refractivity contribution is 0.0742. The van der Waals surface area contributed by atoms with Crippen LogP contribution in [0.4, 0.5) is 11.5 Å². The van der Waals surface area contributed by atoms with Crippen molar-refractivity contribution in [1.29, 1.82) is 0 Å². The van der Waals surface area contributed by atoms with Crippen LogP contribution in [0.1, 0.15) is 53.6 Å². The van der Waals surface area contributed by atoms with E-state index < -0.39 is 19.9 Å². The first kappa shape index (κ1) is 25.0. The molecule has 0 N–H and O–H groups in total. The van der Waals surface area contributed by atoms with Gasteiger partial charge < -0.3 is 9.80 Å². The van der Waals surface area contributed by atoms with Crippen LogP contribution in [0.2, 0.25) is 0 Å². The fraction of sp³-hybridized carbons (Fsp3) is 0.520. The quantitative estimate of drug-likeness (QED) is 0.582. The van der Waals surface area contributed by atoms with E-state index in [2.05, 4.69) is 11.0 Å². The van der Waals surface area contributed by atoms with Gasteiger partial charge in [0.15, 0.2) is 9.84 Å². The minimum Gasteiger partial charge on any atom is -0.353 e. The Morgan fingerprint density at radius 3 is 2.33 bits per heavy atom. The Morgan fingerprint density at radius 1 is 1.06 bits per heavy atom. The van der Waals surface area contributed by atoms with Crippen molar-refractivity contribution in [3.05, 3.63) is 47.2 Å². The van der Waals surface area contributed by atoms with Crippen molar-refractivity contribution in [2.24, 2.45) is 0 Å². The predicted molar refractivity (Wildman–Crippen MR) is 139 cm³/mol. The van der Waals surface area contributed by atoms with Crippen molar-refractivity contribution in [2.45, 2.75) is 50.0 Å². The Kier molecular flexibility index (Phi) is 6.27. The molecule has 9 nitrogen and oxygen atoms in total. The fourth-order valence-corrected chi connectivity index (χ4v) is 8.00. The molecule has 1 atom stereocenters. The number of hydrogen-bond donors (Lipinski definition) is 0. The summed E-state index contributed by atoms with van der Waals surface area (Å²) in [4.78, 5) is 21.9. The summed E-state index contributed by atoms with van der Waals surface area (Å²) < 4.78 is 51.7. The second-order valence-electron chi connectivity index (χ2n) is 10.2. The van der Waals surface area contributed by atoms with E-state index in [9.17, 15) is 21.6 Å². The van der Waals surface area contributed by atoms with Gasteiger partial charge in [0.2, 0.25) is 10.0 Å². The summed E-state index contributed by atoms with van der Waals surface area (Å²) in [6.45, 7) is 5.95. The maximum absolute atomic E-state index is 13.5. The molecular formula is C25H32N4O5S2. The second kappa shape index (κ2) is 9.02. The smallest absolute Gasteiger partial charge is 0.255 e. The van der Waals surface area contributed by atoms with E-state index >= 15 is 0 Å². The average Bonchev–Trinajstić information content (AvgIpc) is 3.63. The second-order valence-corrected chi connectivity index (χ2v) is 14.1. The largest absolute Gasteiger partial charge is 0.353 e. The molecule has 3 aliphatic rings. The average molecular weight is 533 g/mol. The van der Waals surface area contributed by atoms with Crippen LogP contribution in [0, 0.1) is 6.92 Å². The molecule has 0 spiro atoms. The highest BCUT2D eigenvalue weighted by Gasteiger charge is 2.36. The van der Waals surface area contributed by atoms with Crippen LogP contribution in [-0.2, 0) is 19.9 Å². The lowest BCUT2D eigenvalue weighted by Crippen LogP contribution is -2.49. The number of aryl methyl sites for hydroxylation is 1. The van der Waals surface area contributed by atoms with E-state index in [0.717, 1.165) is 17.6 Å². The third-order valence-electron chi connectivity index (χ3n) is 7.26. The number of sulfonamides is 1. The lowest BCUT2D eigenvalue weighted by atomic mass is 10.1. The Hall–Kier alpha value is -2.66. The number of pyridine rings is 1. The highest BCUT2D eigenvalue weighted by molar-refractivity contribution is 7.93. The normalized spacial score (nSPS) is 22.2. The van der Waals surface area contributed by atoms with Crippen LogP contribution in [0.5, 0.6) is 0 Å². The first-order valence-corrected chi connectivity index (χ1v) is 15.8. The zero-order valence-electron chi connectivity index (χ0n) is 20.8. The van der Waals surface area contributed by atoms with Crippen molar-refractivity contribution < 1.29 is 21.6 Å². The number of carbonyl (C=O) groups excluding carboxylic acids is 1. The summed E-state index contributed by atoms with van der Waals surface area (Å²) in [6, 6.07) is 6.26. The van der Waals surface area contributed by atoms with Crippen LogP contribution in [0.15, 0.2) is 35.4 Å². The van der Waals surface area contributed by atoms with Crippen molar-refractivity contribution in [1.82, 2.24) is 9.88 Å². The number of piperazine rings is 1. The number of nitrogens with zero attached hydrogens (tertiary/aromatic N) is 4. The summed E-state index contributed by atoms with van der Waals surface area (Å²) in [6.07, 6.45) is 5.75. The molecule has 36 heavy (non-hydrogen) atoms. The number of benzene rings is 1. The number of sulfone groups is 1. The fourth-order valence-electron chi connectivity index (χ4n) is 5.19. The molecule has 2 aromatic rings. The molecular weight excluding hydrogens is 500 g/mol. The molecule has 1 saturated carbocycles. The molecule has 0 radical (unpaired) electrons. The molecule has 3 heterocycles. The monoisotopic (exact) mass is 532 g/mol. The summed E-state index contributed by atoms with van der Waals surface area (Å²) >= 11 is 0. The molecule has 11 heteroatoms. The Labute approximate surface area is 213 Å². The summed E-state index contributed by atoms with van der Waals surface area (Å²) in [5.41, 5.74) is 2.77. The number of aromatic nitrogens is 1. The third kappa shape index (κ3) is 4.70. The summed E-state index contributed by atoms with van der Waals surface area (Å²) in [5.74, 6) is 1.20. The van der Waals surface area contributed by atoms with E-state index in [0.29, 0.717) is 38.5 Å². The van der Waals surface area contributed by atoms with E-state index in [1.165, 1.54) is 40.9 Å². The first-order chi connectivity index (χ1) is 17.0. The molecule has 2 saturated heterocycles. The molecule has 1 aromatic heterocycles. The van der Waals surface area contributed by atoms with Crippen molar-refractivity contribution in [3.8, 4) is 0 Å². The third-order valence-corrected chi connectivity index (χ3v) is 10.3. The van der Waals surface area contributed by atoms with E-state index in [-0.39, 0.29) is 33.8 Å². The van der Waals surface area contributed by atoms with E-state index in [1.807, 2.05) is 13.1 Å². The molecule has 0 unspecified atom stereocenters. The Balaban J connectivity index is 1.38. The topological polar surface area (TPSA) is 108 Å². The molecule has 1 amide bonds. The molecule has 194 valence electrons. The van der Waals surface area contributed by atoms with Gasteiger partial charge >= 0.3 is 0 Å². The molecule has 0 bridgehead atoms. The van der Waals surface area contributed by atoms with E-state index in [4.69, 9.17) is 4.98 Å². The summed E-state index contributed by atoms with van der Waals surface area (Å²) in [7, 11) is -7.29. The Morgan fingerprint density at radius 2 is 1.75 bits per heavy atom. The SMILES string of the molecule is Cc1cnc(N2CCN(C(=O)c3ccc(N4[C@H](C)CCS4(=O)=O)cc3S(C)(=O)=O)CC2)c(C2CC2)c1. The van der Waals surface area contributed by atoms with Gasteiger partial charge in [-0.15, -0.1) is 0 Å². The van der Waals surface area contributed by atoms with Gasteiger partial charge in [-0.1, -0.05) is 6.07 Å². The number of hydrogen-bond acceptors (Lipinski definition) is 7. The van der Waals surface area contributed by atoms with Gasteiger partial charge in [-0.05, 0) is 68.4 Å². The predicted octanol–water partition coefficient (Wildman–Crippen LogP) is 2.56. The molecule has 1 aliphatic carbocycles. The molecule has 5 rings (SSSR count). The van der Waals surface area contributed by atoms with Gasteiger partial charge in [-0.3, -0.25) is 9.10 Å². The van der Waals surface area contributed by atoms with Gasteiger partial charge in [0.1, 0.15) is 5.82 Å². The summed E-state index contributed by atoms with van der Waals surface area (Å²) in [5, 5.41) is 0. The van der Waals surface area contributed by atoms with Crippen LogP contribution < -0.4 is 9.21 Å². The number of carbonyl (C=O) groups is 1. The van der Waals surface area contributed by atoms with Gasteiger partial charge in [-0.25, -0.2) is 21.8 Å². The van der Waals surface area contributed by atoms with Crippen LogP contribution >= 0.6 is 0 Å². The number of anilines is 2. The van der Waals surface area contributed by atoms with Crippen LogP contribution in [0.3, 0.4) is 0 Å². The van der Waals surface area contributed by atoms with Gasteiger partial charge in [0.25, 0.3) is 5.91 Å². The lowest BCUT2D eigenvalue weighted by Gasteiger charge is -2.36.